The highest BCUT2D eigenvalue weighted by molar-refractivity contribution is 5.98. The maximum Gasteiger partial charge on any atom is 0.167 e. The SMILES string of the molecule is O=C(Cc1ccc(Cn2ccnc2)cc1)c1ccc(-n2cccn2)c(C#Cc2ccccc2)c1. The molecule has 0 aliphatic rings. The lowest BCUT2D eigenvalue weighted by atomic mass is 9.99. The van der Waals surface area contributed by atoms with Gasteiger partial charge in [-0.05, 0) is 47.5 Å². The van der Waals surface area contributed by atoms with Crippen LogP contribution in [0.3, 0.4) is 0 Å². The molecule has 0 amide bonds. The molecule has 0 radical (unpaired) electrons. The van der Waals surface area contributed by atoms with Crippen molar-refractivity contribution in [1.29, 1.82) is 0 Å². The highest BCUT2D eigenvalue weighted by Gasteiger charge is 2.11. The molecule has 0 aliphatic heterocycles. The van der Waals surface area contributed by atoms with Crippen LogP contribution in [0.5, 0.6) is 0 Å². The minimum Gasteiger partial charge on any atom is -0.333 e. The zero-order chi connectivity index (χ0) is 23.2. The van der Waals surface area contributed by atoms with Crippen molar-refractivity contribution in [3.63, 3.8) is 0 Å². The molecule has 0 bridgehead atoms. The molecule has 5 aromatic rings. The molecule has 5 nitrogen and oxygen atoms in total. The van der Waals surface area contributed by atoms with Crippen LogP contribution in [0, 0.1) is 11.8 Å². The van der Waals surface area contributed by atoms with Crippen LogP contribution in [0.15, 0.2) is 110 Å². The van der Waals surface area contributed by atoms with E-state index in [4.69, 9.17) is 0 Å². The lowest BCUT2D eigenvalue weighted by molar-refractivity contribution is 0.0993. The Labute approximate surface area is 198 Å². The lowest BCUT2D eigenvalue weighted by Gasteiger charge is -2.09. The molecule has 5 rings (SSSR count). The molecular formula is C29H22N4O. The highest BCUT2D eigenvalue weighted by Crippen LogP contribution is 2.18. The molecule has 0 saturated carbocycles. The first-order chi connectivity index (χ1) is 16.7. The molecular weight excluding hydrogens is 420 g/mol. The van der Waals surface area contributed by atoms with E-state index in [-0.39, 0.29) is 5.78 Å². The third kappa shape index (κ3) is 5.03. The summed E-state index contributed by atoms with van der Waals surface area (Å²) in [6.45, 7) is 0.757. The first kappa shape index (κ1) is 21.2. The molecule has 2 heterocycles. The third-order valence-corrected chi connectivity index (χ3v) is 5.50. The van der Waals surface area contributed by atoms with Gasteiger partial charge in [-0.25, -0.2) is 9.67 Å². The van der Waals surface area contributed by atoms with Gasteiger partial charge in [0.2, 0.25) is 0 Å². The summed E-state index contributed by atoms with van der Waals surface area (Å²) in [6.07, 6.45) is 9.42. The molecule has 2 aromatic heterocycles. The molecule has 5 heteroatoms. The van der Waals surface area contributed by atoms with E-state index in [9.17, 15) is 4.79 Å². The number of aromatic nitrogens is 4. The number of carbonyl (C=O) groups is 1. The van der Waals surface area contributed by atoms with E-state index in [1.165, 1.54) is 0 Å². The zero-order valence-corrected chi connectivity index (χ0v) is 18.5. The Bertz CT molecular complexity index is 1440. The van der Waals surface area contributed by atoms with Crippen LogP contribution < -0.4 is 0 Å². The average molecular weight is 443 g/mol. The van der Waals surface area contributed by atoms with Crippen LogP contribution >= 0.6 is 0 Å². The maximum absolute atomic E-state index is 13.1. The number of hydrogen-bond donors (Lipinski definition) is 0. The summed E-state index contributed by atoms with van der Waals surface area (Å²) >= 11 is 0. The normalized spacial score (nSPS) is 10.5. The quantitative estimate of drug-likeness (QED) is 0.276. The van der Waals surface area contributed by atoms with Gasteiger partial charge in [0, 0.05) is 48.9 Å². The summed E-state index contributed by atoms with van der Waals surface area (Å²) in [5.74, 6) is 6.48. The van der Waals surface area contributed by atoms with Gasteiger partial charge < -0.3 is 4.57 Å². The number of benzene rings is 3. The fourth-order valence-corrected chi connectivity index (χ4v) is 3.72. The van der Waals surface area contributed by atoms with E-state index < -0.39 is 0 Å². The number of Topliss-reactive ketones (excluding diaryl/α,β-unsaturated/α-hetero) is 1. The summed E-state index contributed by atoms with van der Waals surface area (Å²) in [5.41, 5.74) is 5.30. The minimum absolute atomic E-state index is 0.0529. The van der Waals surface area contributed by atoms with Gasteiger partial charge in [0.15, 0.2) is 5.78 Å². The molecule has 0 fully saturated rings. The number of carbonyl (C=O) groups excluding carboxylic acids is 1. The summed E-state index contributed by atoms with van der Waals surface area (Å²) in [7, 11) is 0. The van der Waals surface area contributed by atoms with E-state index in [1.807, 2.05) is 83.7 Å². The summed E-state index contributed by atoms with van der Waals surface area (Å²) < 4.78 is 3.78. The van der Waals surface area contributed by atoms with Crippen LogP contribution in [0.1, 0.15) is 32.6 Å². The van der Waals surface area contributed by atoms with Gasteiger partial charge >= 0.3 is 0 Å². The average Bonchev–Trinajstić information content (AvgIpc) is 3.59. The Morgan fingerprint density at radius 1 is 0.824 bits per heavy atom. The number of nitrogens with zero attached hydrogens (tertiary/aromatic N) is 4. The number of hydrogen-bond acceptors (Lipinski definition) is 3. The summed E-state index contributed by atoms with van der Waals surface area (Å²) in [6, 6.07) is 25.4. The third-order valence-electron chi connectivity index (χ3n) is 5.50. The highest BCUT2D eigenvalue weighted by atomic mass is 16.1. The van der Waals surface area contributed by atoms with Crippen LogP contribution in [0.2, 0.25) is 0 Å². The van der Waals surface area contributed by atoms with Crippen molar-refractivity contribution in [2.75, 3.05) is 0 Å². The molecule has 0 spiro atoms. The minimum atomic E-state index is 0.0529. The summed E-state index contributed by atoms with van der Waals surface area (Å²) in [4.78, 5) is 17.2. The number of imidazole rings is 1. The fourth-order valence-electron chi connectivity index (χ4n) is 3.72. The smallest absolute Gasteiger partial charge is 0.167 e. The van der Waals surface area contributed by atoms with Gasteiger partial charge in [0.1, 0.15) is 0 Å². The van der Waals surface area contributed by atoms with Crippen molar-refractivity contribution in [2.45, 2.75) is 13.0 Å². The van der Waals surface area contributed by atoms with Gasteiger partial charge in [0.25, 0.3) is 0 Å². The van der Waals surface area contributed by atoms with Crippen LogP contribution in [0.4, 0.5) is 0 Å². The standard InChI is InChI=1S/C29H22N4O/c34-29(19-24-7-9-25(10-8-24)21-32-18-16-30-22-32)27-13-14-28(33-17-4-15-31-33)26(20-27)12-11-23-5-2-1-3-6-23/h1-10,13-18,20,22H,19,21H2. The first-order valence-electron chi connectivity index (χ1n) is 11.0. The van der Waals surface area contributed by atoms with Crippen molar-refractivity contribution in [3.8, 4) is 17.5 Å². The van der Waals surface area contributed by atoms with E-state index in [0.717, 1.165) is 34.5 Å². The van der Waals surface area contributed by atoms with Gasteiger partial charge in [-0.2, -0.15) is 5.10 Å². The predicted octanol–water partition coefficient (Wildman–Crippen LogP) is 4.94. The van der Waals surface area contributed by atoms with Crippen LogP contribution in [-0.2, 0) is 13.0 Å². The Hall–Kier alpha value is -4.69. The molecule has 164 valence electrons. The molecule has 0 aliphatic carbocycles. The molecule has 0 N–H and O–H groups in total. The summed E-state index contributed by atoms with van der Waals surface area (Å²) in [5, 5.41) is 4.34. The van der Waals surface area contributed by atoms with E-state index in [0.29, 0.717) is 12.0 Å². The van der Waals surface area contributed by atoms with Crippen molar-refractivity contribution in [2.24, 2.45) is 0 Å². The first-order valence-corrected chi connectivity index (χ1v) is 11.0. The zero-order valence-electron chi connectivity index (χ0n) is 18.5. The number of ketones is 1. The molecule has 34 heavy (non-hydrogen) atoms. The Kier molecular flexibility index (Phi) is 6.13. The van der Waals surface area contributed by atoms with E-state index >= 15 is 0 Å². The van der Waals surface area contributed by atoms with Gasteiger partial charge in [-0.1, -0.05) is 54.3 Å². The van der Waals surface area contributed by atoms with Crippen LogP contribution in [-0.4, -0.2) is 25.1 Å². The molecule has 0 unspecified atom stereocenters. The van der Waals surface area contributed by atoms with Gasteiger partial charge in [0.05, 0.1) is 17.6 Å². The lowest BCUT2D eigenvalue weighted by Crippen LogP contribution is -2.06. The van der Waals surface area contributed by atoms with E-state index in [1.54, 1.807) is 23.4 Å². The van der Waals surface area contributed by atoms with Gasteiger partial charge in [-0.15, -0.1) is 0 Å². The number of rotatable bonds is 6. The molecule has 0 saturated heterocycles. The molecule has 3 aromatic carbocycles. The Morgan fingerprint density at radius 2 is 1.65 bits per heavy atom. The topological polar surface area (TPSA) is 52.7 Å². The van der Waals surface area contributed by atoms with Crippen LogP contribution in [0.25, 0.3) is 5.69 Å². The second-order valence-electron chi connectivity index (χ2n) is 7.95. The largest absolute Gasteiger partial charge is 0.333 e. The van der Waals surface area contributed by atoms with Crippen molar-refractivity contribution in [1.82, 2.24) is 19.3 Å². The van der Waals surface area contributed by atoms with E-state index in [2.05, 4.69) is 34.1 Å². The maximum atomic E-state index is 13.1. The Balaban J connectivity index is 1.37. The van der Waals surface area contributed by atoms with Crippen molar-refractivity contribution < 1.29 is 4.79 Å². The van der Waals surface area contributed by atoms with Gasteiger partial charge in [-0.3, -0.25) is 4.79 Å². The second kappa shape index (κ2) is 9.85. The monoisotopic (exact) mass is 442 g/mol. The van der Waals surface area contributed by atoms with Crippen molar-refractivity contribution in [3.05, 3.63) is 138 Å². The Morgan fingerprint density at radius 3 is 2.38 bits per heavy atom. The van der Waals surface area contributed by atoms with Crippen molar-refractivity contribution >= 4 is 5.78 Å². The second-order valence-corrected chi connectivity index (χ2v) is 7.95. The predicted molar refractivity (Wildman–Crippen MR) is 132 cm³/mol. The molecule has 0 atom stereocenters. The fraction of sp³-hybridized carbons (Fsp3) is 0.0690.